The smallest absolute Gasteiger partial charge is 0.240 e. The van der Waals surface area contributed by atoms with Crippen LogP contribution in [0.5, 0.6) is 0 Å². The summed E-state index contributed by atoms with van der Waals surface area (Å²) >= 11 is 5.00. The maximum absolute atomic E-state index is 12.0. The topological polar surface area (TPSA) is 64.4 Å². The predicted molar refractivity (Wildman–Crippen MR) is 70.8 cm³/mol. The van der Waals surface area contributed by atoms with Crippen LogP contribution in [0.4, 0.5) is 0 Å². The lowest BCUT2D eigenvalue weighted by Gasteiger charge is -2.31. The van der Waals surface area contributed by atoms with E-state index in [2.05, 4.69) is 21.2 Å². The van der Waals surface area contributed by atoms with E-state index in [-0.39, 0.29) is 5.91 Å². The summed E-state index contributed by atoms with van der Waals surface area (Å²) < 4.78 is 6.28. The van der Waals surface area contributed by atoms with Crippen LogP contribution < -0.4 is 11.1 Å². The second kappa shape index (κ2) is 5.48. The summed E-state index contributed by atoms with van der Waals surface area (Å²) in [7, 11) is 0. The van der Waals surface area contributed by atoms with E-state index in [9.17, 15) is 4.79 Å². The first-order valence-corrected chi connectivity index (χ1v) is 7.15. The van der Waals surface area contributed by atoms with Crippen molar-refractivity contribution >= 4 is 33.2 Å². The van der Waals surface area contributed by atoms with Crippen molar-refractivity contribution in [2.24, 2.45) is 5.73 Å². The van der Waals surface area contributed by atoms with Crippen molar-refractivity contribution in [2.75, 3.05) is 13.2 Å². The van der Waals surface area contributed by atoms with Gasteiger partial charge in [-0.15, -0.1) is 11.3 Å². The van der Waals surface area contributed by atoms with Crippen molar-refractivity contribution in [1.82, 2.24) is 5.32 Å². The lowest BCUT2D eigenvalue weighted by Crippen LogP contribution is -2.56. The number of thiophene rings is 1. The quantitative estimate of drug-likeness (QED) is 0.890. The van der Waals surface area contributed by atoms with Gasteiger partial charge < -0.3 is 15.8 Å². The van der Waals surface area contributed by atoms with Gasteiger partial charge in [-0.2, -0.15) is 0 Å². The van der Waals surface area contributed by atoms with Crippen LogP contribution in [-0.2, 0) is 16.1 Å². The fourth-order valence-corrected chi connectivity index (χ4v) is 2.97. The van der Waals surface area contributed by atoms with Crippen LogP contribution in [0.2, 0.25) is 0 Å². The summed E-state index contributed by atoms with van der Waals surface area (Å²) in [6.07, 6.45) is 1.18. The van der Waals surface area contributed by atoms with E-state index in [1.807, 2.05) is 11.4 Å². The first-order valence-electron chi connectivity index (χ1n) is 5.48. The van der Waals surface area contributed by atoms with Crippen LogP contribution in [0.1, 0.15) is 18.4 Å². The monoisotopic (exact) mass is 318 g/mol. The number of rotatable bonds is 3. The maximum Gasteiger partial charge on any atom is 0.240 e. The molecule has 0 aromatic carbocycles. The lowest BCUT2D eigenvalue weighted by molar-refractivity contribution is -0.129. The fraction of sp³-hybridized carbons (Fsp3) is 0.545. The van der Waals surface area contributed by atoms with Gasteiger partial charge in [0.05, 0.1) is 9.33 Å². The third-order valence-corrected chi connectivity index (χ3v) is 4.47. The third-order valence-electron chi connectivity index (χ3n) is 2.91. The second-order valence-corrected chi connectivity index (χ2v) is 6.50. The van der Waals surface area contributed by atoms with Crippen molar-refractivity contribution in [3.8, 4) is 0 Å². The number of carbonyl (C=O) groups is 1. The molecule has 1 amide bonds. The number of hydrogen-bond acceptors (Lipinski definition) is 4. The SMILES string of the molecule is NC1(C(=O)NCc2csc(Br)c2)CCOCC1. The Morgan fingerprint density at radius 1 is 1.59 bits per heavy atom. The minimum atomic E-state index is -0.758. The van der Waals surface area contributed by atoms with Crippen LogP contribution in [0.3, 0.4) is 0 Å². The average Bonchev–Trinajstić information content (AvgIpc) is 2.73. The van der Waals surface area contributed by atoms with Crippen LogP contribution >= 0.6 is 27.3 Å². The lowest BCUT2D eigenvalue weighted by atomic mass is 9.90. The molecule has 0 spiro atoms. The number of carbonyl (C=O) groups excluding carboxylic acids is 1. The molecule has 1 aromatic heterocycles. The van der Waals surface area contributed by atoms with Crippen molar-refractivity contribution in [2.45, 2.75) is 24.9 Å². The molecule has 1 fully saturated rings. The first-order chi connectivity index (χ1) is 8.10. The first kappa shape index (κ1) is 13.0. The maximum atomic E-state index is 12.0. The summed E-state index contributed by atoms with van der Waals surface area (Å²) in [6, 6.07) is 2.00. The summed E-state index contributed by atoms with van der Waals surface area (Å²) in [5.41, 5.74) is 6.40. The predicted octanol–water partition coefficient (Wildman–Crippen LogP) is 1.63. The zero-order chi connectivity index (χ0) is 12.3. The van der Waals surface area contributed by atoms with E-state index < -0.39 is 5.54 Å². The van der Waals surface area contributed by atoms with Crippen molar-refractivity contribution < 1.29 is 9.53 Å². The highest BCUT2D eigenvalue weighted by Gasteiger charge is 2.35. The van der Waals surface area contributed by atoms with Crippen LogP contribution in [-0.4, -0.2) is 24.7 Å². The highest BCUT2D eigenvalue weighted by atomic mass is 79.9. The second-order valence-electron chi connectivity index (χ2n) is 4.21. The molecule has 94 valence electrons. The summed E-state index contributed by atoms with van der Waals surface area (Å²) in [4.78, 5) is 12.0. The van der Waals surface area contributed by atoms with Gasteiger partial charge in [0, 0.05) is 19.8 Å². The molecule has 2 heterocycles. The molecule has 6 heteroatoms. The van der Waals surface area contributed by atoms with Gasteiger partial charge >= 0.3 is 0 Å². The molecule has 0 atom stereocenters. The zero-order valence-corrected chi connectivity index (χ0v) is 11.8. The molecule has 1 aliphatic heterocycles. The van der Waals surface area contributed by atoms with Crippen molar-refractivity contribution in [3.63, 3.8) is 0 Å². The molecule has 1 saturated heterocycles. The molecule has 0 radical (unpaired) electrons. The van der Waals surface area contributed by atoms with Crippen molar-refractivity contribution in [1.29, 1.82) is 0 Å². The zero-order valence-electron chi connectivity index (χ0n) is 9.37. The number of nitrogens with two attached hydrogens (primary N) is 1. The summed E-state index contributed by atoms with van der Waals surface area (Å²) in [5, 5.41) is 4.90. The highest BCUT2D eigenvalue weighted by Crippen LogP contribution is 2.21. The van der Waals surface area contributed by atoms with Gasteiger partial charge in [-0.05, 0) is 45.8 Å². The van der Waals surface area contributed by atoms with Crippen LogP contribution in [0, 0.1) is 0 Å². The minimum Gasteiger partial charge on any atom is -0.381 e. The standard InChI is InChI=1S/C11H15BrN2O2S/c12-9-5-8(7-17-9)6-14-10(15)11(13)1-3-16-4-2-11/h5,7H,1-4,6,13H2,(H,14,15). The van der Waals surface area contributed by atoms with Crippen molar-refractivity contribution in [3.05, 3.63) is 20.8 Å². The molecule has 4 nitrogen and oxygen atoms in total. The molecule has 1 aliphatic rings. The largest absolute Gasteiger partial charge is 0.381 e. The Balaban J connectivity index is 1.88. The van der Waals surface area contributed by atoms with Gasteiger partial charge in [0.1, 0.15) is 0 Å². The van der Waals surface area contributed by atoms with Gasteiger partial charge in [-0.1, -0.05) is 0 Å². The Hall–Kier alpha value is -0.430. The minimum absolute atomic E-state index is 0.0804. The fourth-order valence-electron chi connectivity index (χ4n) is 1.76. The molecule has 0 saturated carbocycles. The Morgan fingerprint density at radius 3 is 2.88 bits per heavy atom. The Morgan fingerprint density at radius 2 is 2.29 bits per heavy atom. The van der Waals surface area contributed by atoms with Crippen LogP contribution in [0.25, 0.3) is 0 Å². The molecular weight excluding hydrogens is 304 g/mol. The molecule has 17 heavy (non-hydrogen) atoms. The Kier molecular flexibility index (Phi) is 4.19. The Bertz CT molecular complexity index is 402. The van der Waals surface area contributed by atoms with E-state index in [1.165, 1.54) is 0 Å². The number of nitrogens with one attached hydrogen (secondary N) is 1. The summed E-state index contributed by atoms with van der Waals surface area (Å²) in [5.74, 6) is -0.0804. The summed E-state index contributed by atoms with van der Waals surface area (Å²) in [6.45, 7) is 1.66. The van der Waals surface area contributed by atoms with E-state index in [1.54, 1.807) is 11.3 Å². The normalized spacial score (nSPS) is 18.9. The van der Waals surface area contributed by atoms with Gasteiger partial charge in [-0.3, -0.25) is 4.79 Å². The molecule has 0 bridgehead atoms. The molecule has 0 unspecified atom stereocenters. The molecule has 1 aromatic rings. The van der Waals surface area contributed by atoms with Gasteiger partial charge in [-0.25, -0.2) is 0 Å². The molecule has 3 N–H and O–H groups in total. The van der Waals surface area contributed by atoms with Crippen LogP contribution in [0.15, 0.2) is 15.2 Å². The van der Waals surface area contributed by atoms with E-state index >= 15 is 0 Å². The van der Waals surface area contributed by atoms with Gasteiger partial charge in [0.2, 0.25) is 5.91 Å². The average molecular weight is 319 g/mol. The van der Waals surface area contributed by atoms with Gasteiger partial charge in [0.15, 0.2) is 0 Å². The van der Waals surface area contributed by atoms with E-state index in [0.717, 1.165) is 9.35 Å². The Labute approximate surface area is 113 Å². The number of hydrogen-bond donors (Lipinski definition) is 2. The number of ether oxygens (including phenoxy) is 1. The number of amides is 1. The van der Waals surface area contributed by atoms with E-state index in [4.69, 9.17) is 10.5 Å². The molecular formula is C11H15BrN2O2S. The molecule has 0 aliphatic carbocycles. The number of halogens is 1. The third kappa shape index (κ3) is 3.28. The van der Waals surface area contributed by atoms with Gasteiger partial charge in [0.25, 0.3) is 0 Å². The highest BCUT2D eigenvalue weighted by molar-refractivity contribution is 9.11. The van der Waals surface area contributed by atoms with E-state index in [0.29, 0.717) is 32.6 Å². The molecule has 2 rings (SSSR count).